The summed E-state index contributed by atoms with van der Waals surface area (Å²) in [4.78, 5) is 24.3. The number of rotatable bonds is 9. The van der Waals surface area contributed by atoms with E-state index in [0.717, 1.165) is 23.8 Å². The minimum Gasteiger partial charge on any atom is -0.396 e. The van der Waals surface area contributed by atoms with Gasteiger partial charge in [0.25, 0.3) is 0 Å². The number of hydrogen-bond donors (Lipinski definition) is 2. The second-order valence-corrected chi connectivity index (χ2v) is 6.17. The number of aryl methyl sites for hydroxylation is 2. The molecule has 0 fully saturated rings. The fourth-order valence-corrected chi connectivity index (χ4v) is 2.50. The summed E-state index contributed by atoms with van der Waals surface area (Å²) in [7, 11) is 0. The van der Waals surface area contributed by atoms with Gasteiger partial charge in [-0.3, -0.25) is 9.59 Å². The van der Waals surface area contributed by atoms with Gasteiger partial charge in [-0.25, -0.2) is 0 Å². The third kappa shape index (κ3) is 5.64. The Balaban J connectivity index is 3.16. The highest BCUT2D eigenvalue weighted by Crippen LogP contribution is 2.18. The number of carbonyl (C=O) groups is 2. The quantitative estimate of drug-likeness (QED) is 0.318. The molecular formula is C19H27NO3. The van der Waals surface area contributed by atoms with Gasteiger partial charge in [0.15, 0.2) is 0 Å². The summed E-state index contributed by atoms with van der Waals surface area (Å²) in [6.45, 7) is 8.37. The normalized spacial score (nSPS) is 12.1. The summed E-state index contributed by atoms with van der Waals surface area (Å²) in [5.74, 6) is -0.195. The number of ketones is 1. The van der Waals surface area contributed by atoms with Crippen LogP contribution in [0, 0.1) is 19.8 Å². The van der Waals surface area contributed by atoms with Gasteiger partial charge in [-0.15, -0.1) is 0 Å². The number of Topliss-reactive ketones (excluding diaryl/α,β-unsaturated/α-hetero) is 1. The fraction of sp³-hybridized carbons (Fsp3) is 0.474. The van der Waals surface area contributed by atoms with Crippen LogP contribution in [0.15, 0.2) is 29.5 Å². The molecular weight excluding hydrogens is 290 g/mol. The number of aliphatic hydroxyl groups excluding tert-OH is 1. The van der Waals surface area contributed by atoms with Gasteiger partial charge in [-0.2, -0.15) is 0 Å². The van der Waals surface area contributed by atoms with E-state index < -0.39 is 0 Å². The summed E-state index contributed by atoms with van der Waals surface area (Å²) >= 11 is 0. The topological polar surface area (TPSA) is 66.4 Å². The number of nitrogens with one attached hydrogen (secondary N) is 1. The number of benzene rings is 1. The number of allylic oxidation sites excluding steroid dienone is 2. The zero-order valence-electron chi connectivity index (χ0n) is 14.5. The molecule has 0 bridgehead atoms. The lowest BCUT2D eigenvalue weighted by Crippen LogP contribution is -2.26. The maximum Gasteiger partial charge on any atom is 0.209 e. The lowest BCUT2D eigenvalue weighted by Gasteiger charge is -2.16. The maximum absolute atomic E-state index is 12.9. The molecule has 4 heteroatoms. The average Bonchev–Trinajstić information content (AvgIpc) is 2.48. The van der Waals surface area contributed by atoms with Crippen LogP contribution >= 0.6 is 0 Å². The minimum atomic E-state index is -0.156. The molecule has 0 heterocycles. The van der Waals surface area contributed by atoms with Crippen molar-refractivity contribution in [3.8, 4) is 0 Å². The van der Waals surface area contributed by atoms with Crippen LogP contribution in [0.1, 0.15) is 48.2 Å². The van der Waals surface area contributed by atoms with Crippen LogP contribution in [0.25, 0.3) is 0 Å². The molecule has 23 heavy (non-hydrogen) atoms. The second-order valence-electron chi connectivity index (χ2n) is 6.17. The molecule has 126 valence electrons. The maximum atomic E-state index is 12.9. The molecule has 0 aromatic heterocycles. The highest BCUT2D eigenvalue weighted by Gasteiger charge is 2.19. The van der Waals surface area contributed by atoms with Crippen molar-refractivity contribution in [2.75, 3.05) is 13.2 Å². The van der Waals surface area contributed by atoms with E-state index in [2.05, 4.69) is 5.32 Å². The second kappa shape index (κ2) is 9.26. The molecule has 0 spiro atoms. The Labute approximate surface area is 138 Å². The lowest BCUT2D eigenvalue weighted by atomic mass is 9.95. The van der Waals surface area contributed by atoms with Crippen LogP contribution in [0.3, 0.4) is 0 Å². The number of aldehydes is 1. The first-order valence-corrected chi connectivity index (χ1v) is 8.07. The van der Waals surface area contributed by atoms with Crippen molar-refractivity contribution >= 4 is 12.1 Å². The summed E-state index contributed by atoms with van der Waals surface area (Å²) in [6, 6.07) is 5.69. The zero-order chi connectivity index (χ0) is 17.4. The van der Waals surface area contributed by atoms with Crippen LogP contribution in [0.5, 0.6) is 0 Å². The Morgan fingerprint density at radius 1 is 1.17 bits per heavy atom. The van der Waals surface area contributed by atoms with Gasteiger partial charge < -0.3 is 10.4 Å². The summed E-state index contributed by atoms with van der Waals surface area (Å²) in [5, 5.41) is 12.0. The van der Waals surface area contributed by atoms with Crippen molar-refractivity contribution < 1.29 is 14.7 Å². The van der Waals surface area contributed by atoms with E-state index in [1.807, 2.05) is 45.9 Å². The van der Waals surface area contributed by atoms with E-state index in [0.29, 0.717) is 29.8 Å². The van der Waals surface area contributed by atoms with E-state index in [1.54, 1.807) is 0 Å². The Morgan fingerprint density at radius 2 is 1.78 bits per heavy atom. The Morgan fingerprint density at radius 3 is 2.26 bits per heavy atom. The standard InChI is InChI=1S/C19H27NO3/c1-13(2)17(12-22)18(20-7-5-6-8-21)19(23)16-10-14(3)9-15(4)11-16/h9-13,20-21H,5-8H2,1-4H3/b18-17+. The molecule has 0 saturated carbocycles. The van der Waals surface area contributed by atoms with Crippen molar-refractivity contribution in [3.05, 3.63) is 46.2 Å². The van der Waals surface area contributed by atoms with Crippen molar-refractivity contribution in [1.82, 2.24) is 5.32 Å². The van der Waals surface area contributed by atoms with Crippen LogP contribution in [-0.2, 0) is 4.79 Å². The van der Waals surface area contributed by atoms with E-state index in [1.165, 1.54) is 0 Å². The zero-order valence-corrected chi connectivity index (χ0v) is 14.5. The highest BCUT2D eigenvalue weighted by atomic mass is 16.2. The van der Waals surface area contributed by atoms with Crippen LogP contribution < -0.4 is 5.32 Å². The van der Waals surface area contributed by atoms with E-state index >= 15 is 0 Å². The van der Waals surface area contributed by atoms with E-state index in [9.17, 15) is 9.59 Å². The van der Waals surface area contributed by atoms with E-state index in [4.69, 9.17) is 5.11 Å². The van der Waals surface area contributed by atoms with Gasteiger partial charge >= 0.3 is 0 Å². The van der Waals surface area contributed by atoms with Crippen LogP contribution in [0.4, 0.5) is 0 Å². The van der Waals surface area contributed by atoms with Gasteiger partial charge in [0.05, 0.1) is 5.70 Å². The number of hydrogen-bond acceptors (Lipinski definition) is 4. The number of unbranched alkanes of at least 4 members (excludes halogenated alkanes) is 1. The first-order valence-electron chi connectivity index (χ1n) is 8.07. The van der Waals surface area contributed by atoms with Gasteiger partial charge in [0.1, 0.15) is 6.29 Å². The van der Waals surface area contributed by atoms with Gasteiger partial charge in [0.2, 0.25) is 5.78 Å². The predicted octanol–water partition coefficient (Wildman–Crippen LogP) is 2.96. The molecule has 0 saturated heterocycles. The third-order valence-corrected chi connectivity index (χ3v) is 3.64. The predicted molar refractivity (Wildman–Crippen MR) is 92.5 cm³/mol. The molecule has 1 aromatic carbocycles. The molecule has 4 nitrogen and oxygen atoms in total. The average molecular weight is 317 g/mol. The monoisotopic (exact) mass is 317 g/mol. The molecule has 0 aliphatic rings. The van der Waals surface area contributed by atoms with Crippen LogP contribution in [-0.4, -0.2) is 30.3 Å². The van der Waals surface area contributed by atoms with E-state index in [-0.39, 0.29) is 18.3 Å². The largest absolute Gasteiger partial charge is 0.396 e. The first kappa shape index (κ1) is 19.1. The van der Waals surface area contributed by atoms with Crippen molar-refractivity contribution in [2.24, 2.45) is 5.92 Å². The van der Waals surface area contributed by atoms with Gasteiger partial charge in [0, 0.05) is 24.3 Å². The molecule has 0 amide bonds. The van der Waals surface area contributed by atoms with Gasteiger partial charge in [-0.05, 0) is 44.7 Å². The molecule has 0 radical (unpaired) electrons. The molecule has 2 N–H and O–H groups in total. The first-order chi connectivity index (χ1) is 10.9. The Kier molecular flexibility index (Phi) is 7.69. The lowest BCUT2D eigenvalue weighted by molar-refractivity contribution is -0.105. The highest BCUT2D eigenvalue weighted by molar-refractivity contribution is 6.11. The van der Waals surface area contributed by atoms with Gasteiger partial charge in [-0.1, -0.05) is 31.0 Å². The SMILES string of the molecule is Cc1cc(C)cc(C(=O)/C(NCCCCO)=C(/C=O)C(C)C)c1. The Hall–Kier alpha value is -1.94. The molecule has 1 rings (SSSR count). The molecule has 0 aliphatic carbocycles. The van der Waals surface area contributed by atoms with Crippen molar-refractivity contribution in [1.29, 1.82) is 0 Å². The molecule has 0 unspecified atom stereocenters. The molecule has 1 aromatic rings. The molecule has 0 atom stereocenters. The fourth-order valence-electron chi connectivity index (χ4n) is 2.50. The minimum absolute atomic E-state index is 0.0392. The van der Waals surface area contributed by atoms with Crippen LogP contribution in [0.2, 0.25) is 0 Å². The number of aliphatic hydroxyl groups is 1. The Bertz CT molecular complexity index is 568. The smallest absolute Gasteiger partial charge is 0.209 e. The number of carbonyl (C=O) groups excluding carboxylic acids is 2. The van der Waals surface area contributed by atoms with Crippen molar-refractivity contribution in [3.63, 3.8) is 0 Å². The van der Waals surface area contributed by atoms with Crippen molar-refractivity contribution in [2.45, 2.75) is 40.5 Å². The summed E-state index contributed by atoms with van der Waals surface area (Å²) in [5.41, 5.74) is 3.48. The summed E-state index contributed by atoms with van der Waals surface area (Å²) < 4.78 is 0. The third-order valence-electron chi connectivity index (χ3n) is 3.64. The summed E-state index contributed by atoms with van der Waals surface area (Å²) in [6.07, 6.45) is 2.17. The molecule has 0 aliphatic heterocycles.